The van der Waals surface area contributed by atoms with E-state index in [2.05, 4.69) is 24.1 Å². The number of hydrogen-bond acceptors (Lipinski definition) is 3. The molecule has 1 heterocycles. The molecular weight excluding hydrogens is 188 g/mol. The lowest BCUT2D eigenvalue weighted by molar-refractivity contribution is -0.182. The summed E-state index contributed by atoms with van der Waals surface area (Å²) in [5, 5.41) is 14.2. The van der Waals surface area contributed by atoms with Gasteiger partial charge in [0.2, 0.25) is 0 Å². The zero-order valence-corrected chi connectivity index (χ0v) is 10.00. The first-order chi connectivity index (χ1) is 7.14. The maximum Gasteiger partial charge on any atom is 0.121 e. The molecule has 1 saturated heterocycles. The molecule has 1 aliphatic heterocycles. The molecule has 1 aliphatic carbocycles. The quantitative estimate of drug-likeness (QED) is 0.685. The average Bonchev–Trinajstić information content (AvgIpc) is 2.23. The van der Waals surface area contributed by atoms with E-state index in [1.54, 1.807) is 0 Å². The molecule has 2 aliphatic rings. The highest BCUT2D eigenvalue weighted by Crippen LogP contribution is 2.37. The van der Waals surface area contributed by atoms with Gasteiger partial charge in [-0.25, -0.2) is 0 Å². The van der Waals surface area contributed by atoms with Crippen molar-refractivity contribution in [1.82, 2.24) is 10.2 Å². The van der Waals surface area contributed by atoms with E-state index in [1.807, 2.05) is 0 Å². The Kier molecular flexibility index (Phi) is 3.33. The van der Waals surface area contributed by atoms with Crippen LogP contribution in [0.15, 0.2) is 0 Å². The van der Waals surface area contributed by atoms with Gasteiger partial charge in [0.25, 0.3) is 0 Å². The first-order valence-electron chi connectivity index (χ1n) is 6.34. The number of aliphatic hydroxyl groups is 1. The van der Waals surface area contributed by atoms with Crippen molar-refractivity contribution in [3.8, 4) is 0 Å². The van der Waals surface area contributed by atoms with Gasteiger partial charge in [-0.1, -0.05) is 13.3 Å². The molecule has 2 N–H and O–H groups in total. The van der Waals surface area contributed by atoms with Crippen LogP contribution >= 0.6 is 0 Å². The Morgan fingerprint density at radius 3 is 2.80 bits per heavy atom. The van der Waals surface area contributed by atoms with Crippen LogP contribution in [0.2, 0.25) is 0 Å². The number of hydrogen-bond donors (Lipinski definition) is 2. The Hall–Kier alpha value is -0.120. The molecule has 88 valence electrons. The summed E-state index contributed by atoms with van der Waals surface area (Å²) < 4.78 is 0. The van der Waals surface area contributed by atoms with E-state index in [0.29, 0.717) is 12.0 Å². The van der Waals surface area contributed by atoms with Crippen LogP contribution in [-0.4, -0.2) is 41.4 Å². The third kappa shape index (κ3) is 2.05. The molecule has 3 atom stereocenters. The van der Waals surface area contributed by atoms with Gasteiger partial charge in [0, 0.05) is 25.7 Å². The van der Waals surface area contributed by atoms with E-state index in [1.165, 1.54) is 19.3 Å². The van der Waals surface area contributed by atoms with E-state index >= 15 is 0 Å². The first kappa shape index (κ1) is 11.4. The summed E-state index contributed by atoms with van der Waals surface area (Å²) in [5.74, 6) is 0.423. The number of piperazine rings is 1. The Balaban J connectivity index is 2.11. The van der Waals surface area contributed by atoms with Crippen molar-refractivity contribution >= 4 is 0 Å². The van der Waals surface area contributed by atoms with Gasteiger partial charge < -0.3 is 10.4 Å². The molecule has 3 unspecified atom stereocenters. The second-order valence-corrected chi connectivity index (χ2v) is 5.27. The Labute approximate surface area is 92.8 Å². The average molecular weight is 212 g/mol. The van der Waals surface area contributed by atoms with E-state index in [-0.39, 0.29) is 0 Å². The van der Waals surface area contributed by atoms with Crippen LogP contribution < -0.4 is 5.32 Å². The maximum atomic E-state index is 10.8. The summed E-state index contributed by atoms with van der Waals surface area (Å²) in [6.07, 6.45) is 4.59. The van der Waals surface area contributed by atoms with Crippen molar-refractivity contribution in [2.75, 3.05) is 19.6 Å². The number of nitrogens with zero attached hydrogens (tertiary/aromatic N) is 1. The highest BCUT2D eigenvalue weighted by atomic mass is 16.3. The number of rotatable bonds is 1. The summed E-state index contributed by atoms with van der Waals surface area (Å²) >= 11 is 0. The number of nitrogens with one attached hydrogen (secondary N) is 1. The van der Waals surface area contributed by atoms with Gasteiger partial charge in [-0.3, -0.25) is 4.90 Å². The summed E-state index contributed by atoms with van der Waals surface area (Å²) in [7, 11) is 0. The molecule has 3 nitrogen and oxygen atoms in total. The minimum atomic E-state index is -0.528. The third-order valence-electron chi connectivity index (χ3n) is 4.22. The van der Waals surface area contributed by atoms with Crippen molar-refractivity contribution in [3.05, 3.63) is 0 Å². The Morgan fingerprint density at radius 1 is 1.33 bits per heavy atom. The fourth-order valence-corrected chi connectivity index (χ4v) is 3.16. The van der Waals surface area contributed by atoms with Crippen molar-refractivity contribution in [3.63, 3.8) is 0 Å². The summed E-state index contributed by atoms with van der Waals surface area (Å²) in [5.41, 5.74) is -0.528. The van der Waals surface area contributed by atoms with Gasteiger partial charge in [-0.05, 0) is 32.1 Å². The lowest BCUT2D eigenvalue weighted by atomic mass is 9.80. The van der Waals surface area contributed by atoms with Gasteiger partial charge >= 0.3 is 0 Å². The van der Waals surface area contributed by atoms with Crippen LogP contribution in [0.25, 0.3) is 0 Å². The molecule has 2 rings (SSSR count). The lowest BCUT2D eigenvalue weighted by Crippen LogP contribution is -2.63. The normalized spacial score (nSPS) is 44.2. The molecule has 0 aromatic rings. The van der Waals surface area contributed by atoms with Gasteiger partial charge in [0.1, 0.15) is 5.72 Å². The second kappa shape index (κ2) is 4.40. The molecule has 0 aromatic carbocycles. The predicted molar refractivity (Wildman–Crippen MR) is 61.6 cm³/mol. The van der Waals surface area contributed by atoms with Gasteiger partial charge in [-0.2, -0.15) is 0 Å². The molecular formula is C12H24N2O. The summed E-state index contributed by atoms with van der Waals surface area (Å²) in [4.78, 5) is 2.33. The van der Waals surface area contributed by atoms with Crippen LogP contribution in [0.5, 0.6) is 0 Å². The molecule has 3 heteroatoms. The lowest BCUT2D eigenvalue weighted by Gasteiger charge is -2.51. The van der Waals surface area contributed by atoms with Crippen LogP contribution in [0, 0.1) is 5.92 Å². The minimum absolute atomic E-state index is 0.423. The highest BCUT2D eigenvalue weighted by Gasteiger charge is 2.43. The summed E-state index contributed by atoms with van der Waals surface area (Å²) in [6.45, 7) is 7.43. The fourth-order valence-electron chi connectivity index (χ4n) is 3.16. The fraction of sp³-hybridized carbons (Fsp3) is 1.00. The van der Waals surface area contributed by atoms with E-state index in [4.69, 9.17) is 0 Å². The zero-order chi connectivity index (χ0) is 10.9. The molecule has 0 spiro atoms. The van der Waals surface area contributed by atoms with Crippen LogP contribution in [0.1, 0.15) is 39.5 Å². The van der Waals surface area contributed by atoms with Crippen molar-refractivity contribution in [1.29, 1.82) is 0 Å². The molecule has 0 radical (unpaired) electrons. The zero-order valence-electron chi connectivity index (χ0n) is 10.00. The van der Waals surface area contributed by atoms with Crippen LogP contribution in [-0.2, 0) is 0 Å². The molecule has 2 fully saturated rings. The monoisotopic (exact) mass is 212 g/mol. The van der Waals surface area contributed by atoms with Crippen molar-refractivity contribution < 1.29 is 5.11 Å². The third-order valence-corrected chi connectivity index (χ3v) is 4.22. The molecule has 0 bridgehead atoms. The predicted octanol–water partition coefficient (Wildman–Crippen LogP) is 1.18. The SMILES string of the molecule is CC1CNCCN1C1(O)CCCCC1C. The Morgan fingerprint density at radius 2 is 2.13 bits per heavy atom. The molecule has 0 aromatic heterocycles. The minimum Gasteiger partial charge on any atom is -0.375 e. The topological polar surface area (TPSA) is 35.5 Å². The highest BCUT2D eigenvalue weighted by molar-refractivity contribution is 4.92. The van der Waals surface area contributed by atoms with Crippen LogP contribution in [0.4, 0.5) is 0 Å². The van der Waals surface area contributed by atoms with E-state index < -0.39 is 5.72 Å². The van der Waals surface area contributed by atoms with Crippen LogP contribution in [0.3, 0.4) is 0 Å². The van der Waals surface area contributed by atoms with E-state index in [9.17, 15) is 5.11 Å². The maximum absolute atomic E-state index is 10.8. The largest absolute Gasteiger partial charge is 0.375 e. The second-order valence-electron chi connectivity index (χ2n) is 5.27. The van der Waals surface area contributed by atoms with Crippen molar-refractivity contribution in [2.24, 2.45) is 5.92 Å². The molecule has 0 amide bonds. The van der Waals surface area contributed by atoms with Gasteiger partial charge in [0.15, 0.2) is 0 Å². The van der Waals surface area contributed by atoms with Gasteiger partial charge in [-0.15, -0.1) is 0 Å². The van der Waals surface area contributed by atoms with Crippen molar-refractivity contribution in [2.45, 2.75) is 51.3 Å². The Bertz CT molecular complexity index is 222. The smallest absolute Gasteiger partial charge is 0.121 e. The molecule has 1 saturated carbocycles. The standard InChI is InChI=1S/C12H24N2O/c1-10-5-3-4-6-12(10,15)14-8-7-13-9-11(14)2/h10-11,13,15H,3-9H2,1-2H3. The van der Waals surface area contributed by atoms with Gasteiger partial charge in [0.05, 0.1) is 0 Å². The summed E-state index contributed by atoms with van der Waals surface area (Å²) in [6, 6.07) is 0.462. The first-order valence-corrected chi connectivity index (χ1v) is 6.34. The van der Waals surface area contributed by atoms with E-state index in [0.717, 1.165) is 26.1 Å². The molecule has 15 heavy (non-hydrogen) atoms.